The number of hydrogen-bond acceptors (Lipinski definition) is 7. The molecule has 3 aliphatic rings. The fraction of sp³-hybridized carbons (Fsp3) is 0.720. The van der Waals surface area contributed by atoms with Gasteiger partial charge in [-0.15, -0.1) is 11.3 Å². The molecule has 11 heteroatoms. The summed E-state index contributed by atoms with van der Waals surface area (Å²) in [4.78, 5) is 22.0. The lowest BCUT2D eigenvalue weighted by molar-refractivity contribution is -0.146. The maximum atomic E-state index is 13.4. The Bertz CT molecular complexity index is 1050. The number of carbonyl (C=O) groups excluding carboxylic acids is 1. The average molecular weight is 526 g/mol. The van der Waals surface area contributed by atoms with E-state index in [1.54, 1.807) is 6.07 Å². The van der Waals surface area contributed by atoms with Crippen LogP contribution in [0.3, 0.4) is 0 Å². The van der Waals surface area contributed by atoms with Crippen molar-refractivity contribution < 1.29 is 22.5 Å². The van der Waals surface area contributed by atoms with Crippen LogP contribution in [0, 0.1) is 12.8 Å². The molecule has 5 rings (SSSR count). The second kappa shape index (κ2) is 10.7. The maximum absolute atomic E-state index is 13.4. The Morgan fingerprint density at radius 2 is 2.03 bits per heavy atom. The lowest BCUT2D eigenvalue weighted by atomic mass is 9.84. The third-order valence-electron chi connectivity index (χ3n) is 7.75. The molecule has 2 aliphatic heterocycles. The first-order valence-electron chi connectivity index (χ1n) is 13.0. The van der Waals surface area contributed by atoms with E-state index in [-0.39, 0.29) is 24.8 Å². The molecule has 1 aliphatic carbocycles. The van der Waals surface area contributed by atoms with Gasteiger partial charge in [0.2, 0.25) is 5.91 Å². The summed E-state index contributed by atoms with van der Waals surface area (Å²) < 4.78 is 45.3. The van der Waals surface area contributed by atoms with Crippen LogP contribution >= 0.6 is 11.3 Å². The number of aromatic nitrogens is 2. The third kappa shape index (κ3) is 6.04. The van der Waals surface area contributed by atoms with Crippen LogP contribution in [0.1, 0.15) is 67.0 Å². The van der Waals surface area contributed by atoms with Gasteiger partial charge in [-0.3, -0.25) is 9.69 Å². The van der Waals surface area contributed by atoms with Crippen molar-refractivity contribution in [2.45, 2.75) is 89.5 Å². The first kappa shape index (κ1) is 25.5. The topological polar surface area (TPSA) is 74.5 Å². The summed E-state index contributed by atoms with van der Waals surface area (Å²) >= 11 is 1.45. The smallest absolute Gasteiger partial charge is 0.361 e. The highest BCUT2D eigenvalue weighted by Gasteiger charge is 2.47. The number of rotatable bonds is 7. The highest BCUT2D eigenvalue weighted by molar-refractivity contribution is 7.15. The molecule has 0 radical (unpaired) electrons. The van der Waals surface area contributed by atoms with Crippen LogP contribution in [0.5, 0.6) is 0 Å². The van der Waals surface area contributed by atoms with Gasteiger partial charge in [-0.1, -0.05) is 5.16 Å². The van der Waals surface area contributed by atoms with E-state index in [2.05, 4.69) is 20.4 Å². The van der Waals surface area contributed by atoms with E-state index < -0.39 is 12.2 Å². The Kier molecular flexibility index (Phi) is 7.57. The van der Waals surface area contributed by atoms with E-state index in [9.17, 15) is 18.0 Å². The number of halogens is 3. The van der Waals surface area contributed by atoms with Gasteiger partial charge in [-0.05, 0) is 70.8 Å². The predicted octanol–water partition coefficient (Wildman–Crippen LogP) is 4.64. The Morgan fingerprint density at radius 1 is 1.22 bits per heavy atom. The van der Waals surface area contributed by atoms with Crippen molar-refractivity contribution in [3.8, 4) is 0 Å². The van der Waals surface area contributed by atoms with Gasteiger partial charge in [0, 0.05) is 36.6 Å². The van der Waals surface area contributed by atoms with Crippen molar-refractivity contribution in [2.24, 2.45) is 5.92 Å². The first-order valence-corrected chi connectivity index (χ1v) is 13.8. The van der Waals surface area contributed by atoms with Crippen LogP contribution in [0.2, 0.25) is 0 Å². The zero-order valence-electron chi connectivity index (χ0n) is 20.6. The van der Waals surface area contributed by atoms with Gasteiger partial charge in [0.25, 0.3) is 0 Å². The molecule has 0 bridgehead atoms. The van der Waals surface area contributed by atoms with E-state index >= 15 is 0 Å². The Morgan fingerprint density at radius 3 is 2.75 bits per heavy atom. The average Bonchev–Trinajstić information content (AvgIpc) is 3.57. The number of anilines is 1. The number of thiazole rings is 1. The van der Waals surface area contributed by atoms with E-state index in [1.165, 1.54) is 16.2 Å². The molecule has 2 aromatic heterocycles. The van der Waals surface area contributed by atoms with E-state index in [0.717, 1.165) is 74.4 Å². The first-order chi connectivity index (χ1) is 17.2. The molecule has 2 fully saturated rings. The minimum atomic E-state index is -4.20. The van der Waals surface area contributed by atoms with Crippen LogP contribution in [0.15, 0.2) is 10.6 Å². The summed E-state index contributed by atoms with van der Waals surface area (Å²) in [7, 11) is 0. The minimum absolute atomic E-state index is 0.0168. The molecular formula is C25H34F3N5O2S. The van der Waals surface area contributed by atoms with Crippen molar-refractivity contribution in [1.29, 1.82) is 0 Å². The fourth-order valence-electron chi connectivity index (χ4n) is 5.79. The van der Waals surface area contributed by atoms with Crippen LogP contribution in [-0.2, 0) is 24.2 Å². The number of carbonyl (C=O) groups is 1. The SMILES string of the molecule is Cc1cc(CC(=O)NC2CCC(CCN3CCc4sc(N5CCCC5C(F)(F)F)nc4C3)CC2)on1. The Labute approximate surface area is 213 Å². The van der Waals surface area contributed by atoms with Gasteiger partial charge in [0.15, 0.2) is 5.13 Å². The highest BCUT2D eigenvalue weighted by atomic mass is 32.1. The van der Waals surface area contributed by atoms with Crippen molar-refractivity contribution >= 4 is 22.4 Å². The van der Waals surface area contributed by atoms with Gasteiger partial charge in [-0.25, -0.2) is 4.98 Å². The molecular weight excluding hydrogens is 491 g/mol. The molecule has 1 amide bonds. The van der Waals surface area contributed by atoms with E-state index in [4.69, 9.17) is 4.52 Å². The molecule has 198 valence electrons. The quantitative estimate of drug-likeness (QED) is 0.568. The highest BCUT2D eigenvalue weighted by Crippen LogP contribution is 2.39. The van der Waals surface area contributed by atoms with E-state index in [1.807, 2.05) is 6.92 Å². The van der Waals surface area contributed by atoms with Gasteiger partial charge in [0.05, 0.1) is 17.8 Å². The molecule has 0 spiro atoms. The molecule has 4 heterocycles. The van der Waals surface area contributed by atoms with Gasteiger partial charge >= 0.3 is 6.18 Å². The summed E-state index contributed by atoms with van der Waals surface area (Å²) in [5.41, 5.74) is 1.74. The Balaban J connectivity index is 1.05. The number of fused-ring (bicyclic) bond motifs is 1. The summed E-state index contributed by atoms with van der Waals surface area (Å²) in [6, 6.07) is 0.611. The molecule has 1 N–H and O–H groups in total. The molecule has 1 saturated carbocycles. The van der Waals surface area contributed by atoms with Crippen molar-refractivity contribution in [2.75, 3.05) is 24.5 Å². The zero-order chi connectivity index (χ0) is 25.3. The molecule has 36 heavy (non-hydrogen) atoms. The Hall–Kier alpha value is -2.14. The lowest BCUT2D eigenvalue weighted by Gasteiger charge is -2.32. The normalized spacial score (nSPS) is 25.2. The van der Waals surface area contributed by atoms with Gasteiger partial charge in [-0.2, -0.15) is 13.2 Å². The number of amides is 1. The molecule has 1 unspecified atom stereocenters. The fourth-order valence-corrected chi connectivity index (χ4v) is 6.92. The van der Waals surface area contributed by atoms with Crippen molar-refractivity contribution in [3.05, 3.63) is 28.1 Å². The number of hydrogen-bond donors (Lipinski definition) is 1. The second-order valence-electron chi connectivity index (χ2n) is 10.5. The van der Waals surface area contributed by atoms with Crippen LogP contribution < -0.4 is 10.2 Å². The number of aryl methyl sites for hydroxylation is 1. The summed E-state index contributed by atoms with van der Waals surface area (Å²) in [5, 5.41) is 7.50. The summed E-state index contributed by atoms with van der Waals surface area (Å²) in [5.74, 6) is 1.22. The number of alkyl halides is 3. The monoisotopic (exact) mass is 525 g/mol. The number of nitrogens with zero attached hydrogens (tertiary/aromatic N) is 4. The minimum Gasteiger partial charge on any atom is -0.361 e. The molecule has 0 aromatic carbocycles. The molecule has 1 atom stereocenters. The third-order valence-corrected chi connectivity index (χ3v) is 8.94. The van der Waals surface area contributed by atoms with Gasteiger partial charge in [0.1, 0.15) is 11.8 Å². The van der Waals surface area contributed by atoms with E-state index in [0.29, 0.717) is 29.8 Å². The standard InChI is InChI=1S/C25H34F3N5O2S/c1-16-13-19(35-31-16)14-23(34)29-18-6-4-17(5-7-18)8-11-32-12-9-21-20(15-32)30-24(36-21)33-10-2-3-22(33)25(26,27)28/h13,17-18,22H,2-12,14-15H2,1H3,(H,29,34). The second-order valence-corrected chi connectivity index (χ2v) is 11.5. The largest absolute Gasteiger partial charge is 0.408 e. The summed E-state index contributed by atoms with van der Waals surface area (Å²) in [6.07, 6.45) is 2.88. The van der Waals surface area contributed by atoms with Crippen LogP contribution in [-0.4, -0.2) is 58.8 Å². The molecule has 2 aromatic rings. The molecule has 7 nitrogen and oxygen atoms in total. The van der Waals surface area contributed by atoms with Crippen LogP contribution in [0.25, 0.3) is 0 Å². The predicted molar refractivity (Wildman–Crippen MR) is 131 cm³/mol. The lowest BCUT2D eigenvalue weighted by Crippen LogP contribution is -2.41. The van der Waals surface area contributed by atoms with Crippen LogP contribution in [0.4, 0.5) is 18.3 Å². The molecule has 1 saturated heterocycles. The number of nitrogens with one attached hydrogen (secondary N) is 1. The zero-order valence-corrected chi connectivity index (χ0v) is 21.5. The van der Waals surface area contributed by atoms with Gasteiger partial charge < -0.3 is 14.7 Å². The van der Waals surface area contributed by atoms with Crippen molar-refractivity contribution in [1.82, 2.24) is 20.4 Å². The summed E-state index contributed by atoms with van der Waals surface area (Å²) in [6.45, 7) is 4.91. The maximum Gasteiger partial charge on any atom is 0.408 e. The van der Waals surface area contributed by atoms with Crippen molar-refractivity contribution in [3.63, 3.8) is 0 Å².